The van der Waals surface area contributed by atoms with Gasteiger partial charge in [-0.25, -0.2) is 30.3 Å². The minimum Gasteiger partial charge on any atom is -0.274 e. The van der Waals surface area contributed by atoms with Gasteiger partial charge in [0.1, 0.15) is 5.82 Å². The molecule has 0 heterocycles. The summed E-state index contributed by atoms with van der Waals surface area (Å²) in [5.74, 6) is -3.62. The lowest BCUT2D eigenvalue weighted by molar-refractivity contribution is -0.139. The summed E-state index contributed by atoms with van der Waals surface area (Å²) in [6, 6.07) is 2.07. The molecule has 6 nitrogen and oxygen atoms in total. The lowest BCUT2D eigenvalue weighted by Crippen LogP contribution is -2.38. The Labute approximate surface area is 224 Å². The summed E-state index contributed by atoms with van der Waals surface area (Å²) in [4.78, 5) is 9.50. The van der Waals surface area contributed by atoms with Gasteiger partial charge in [-0.15, -0.1) is 0 Å². The maximum Gasteiger partial charge on any atom is 0.416 e. The Balaban J connectivity index is 1.98. The summed E-state index contributed by atoms with van der Waals surface area (Å²) < 4.78 is 164. The predicted octanol–water partition coefficient (Wildman–Crippen LogP) is 6.18. The van der Waals surface area contributed by atoms with Crippen LogP contribution >= 0.6 is 0 Å². The second-order valence-corrected chi connectivity index (χ2v) is 13.2. The van der Waals surface area contributed by atoms with Crippen molar-refractivity contribution in [1.29, 1.82) is 0 Å². The van der Waals surface area contributed by atoms with Crippen molar-refractivity contribution >= 4 is 25.8 Å². The number of amides is 1. The summed E-state index contributed by atoms with van der Waals surface area (Å²) in [6.07, 6.45) is -13.3. The van der Waals surface area contributed by atoms with Crippen molar-refractivity contribution in [2.45, 2.75) is 79.0 Å². The molecule has 0 spiro atoms. The quantitative estimate of drug-likeness (QED) is 0.389. The predicted molar refractivity (Wildman–Crippen MR) is 125 cm³/mol. The number of sulfone groups is 1. The summed E-state index contributed by atoms with van der Waals surface area (Å²) >= 11 is 0. The van der Waals surface area contributed by atoms with E-state index >= 15 is 4.39 Å². The molecule has 3 rings (SSSR count). The molecule has 0 atom stereocenters. The molecule has 40 heavy (non-hydrogen) atoms. The molecule has 0 radical (unpaired) electrons. The fourth-order valence-corrected chi connectivity index (χ4v) is 7.77. The van der Waals surface area contributed by atoms with Crippen molar-refractivity contribution in [3.05, 3.63) is 58.4 Å². The SMILES string of the molecule is CCC(=O)NS(=O)(=O)c1ccc(C2CCC(F)(S(=O)(=O)c3cc(F)cc(C(F)(F)F)c3)CC2)c(C(F)(F)F)c1C. The molecule has 0 aromatic heterocycles. The van der Waals surface area contributed by atoms with E-state index in [0.717, 1.165) is 19.1 Å². The maximum atomic E-state index is 15.7. The first-order valence-corrected chi connectivity index (χ1v) is 14.7. The van der Waals surface area contributed by atoms with Crippen LogP contribution < -0.4 is 4.72 Å². The molecule has 1 N–H and O–H groups in total. The molecule has 1 saturated carbocycles. The van der Waals surface area contributed by atoms with E-state index in [2.05, 4.69) is 0 Å². The van der Waals surface area contributed by atoms with Crippen LogP contribution in [0.5, 0.6) is 0 Å². The lowest BCUT2D eigenvalue weighted by atomic mass is 9.80. The number of hydrogen-bond donors (Lipinski definition) is 1. The van der Waals surface area contributed by atoms with Crippen molar-refractivity contribution < 1.29 is 56.8 Å². The minimum absolute atomic E-state index is 0.0410. The molecule has 0 unspecified atom stereocenters. The third-order valence-corrected chi connectivity index (χ3v) is 10.5. The first kappa shape index (κ1) is 31.8. The highest BCUT2D eigenvalue weighted by atomic mass is 32.2. The first-order valence-electron chi connectivity index (χ1n) is 11.7. The van der Waals surface area contributed by atoms with Crippen molar-refractivity contribution in [3.63, 3.8) is 0 Å². The molecule has 0 saturated heterocycles. The van der Waals surface area contributed by atoms with E-state index in [4.69, 9.17) is 0 Å². The summed E-state index contributed by atoms with van der Waals surface area (Å²) in [5.41, 5.74) is -4.17. The van der Waals surface area contributed by atoms with Gasteiger partial charge >= 0.3 is 12.4 Å². The standard InChI is InChI=1S/C24H23F8NO5S2/c1-3-20(34)33-40(37,38)19-5-4-18(21(13(19)2)24(30,31)32)14-6-8-22(26,9-7-14)39(35,36)17-11-15(23(27,28)29)10-16(25)12-17/h4-5,10-12,14H,3,6-9H2,1-2H3,(H,33,34). The minimum atomic E-state index is -5.21. The zero-order valence-corrected chi connectivity index (χ0v) is 22.5. The van der Waals surface area contributed by atoms with Crippen molar-refractivity contribution in [1.82, 2.24) is 4.72 Å². The van der Waals surface area contributed by atoms with Gasteiger partial charge in [0, 0.05) is 6.42 Å². The number of carbonyl (C=O) groups is 1. The number of rotatable bonds is 6. The van der Waals surface area contributed by atoms with Crippen LogP contribution in [0.15, 0.2) is 40.1 Å². The lowest BCUT2D eigenvalue weighted by Gasteiger charge is -2.35. The highest BCUT2D eigenvalue weighted by Gasteiger charge is 2.50. The van der Waals surface area contributed by atoms with Crippen molar-refractivity contribution in [3.8, 4) is 0 Å². The smallest absolute Gasteiger partial charge is 0.274 e. The van der Waals surface area contributed by atoms with Crippen LogP contribution in [-0.2, 0) is 37.0 Å². The molecule has 2 aromatic carbocycles. The fourth-order valence-electron chi connectivity index (χ4n) is 4.72. The normalized spacial score (nSPS) is 20.8. The van der Waals surface area contributed by atoms with E-state index < -0.39 is 113 Å². The van der Waals surface area contributed by atoms with Gasteiger partial charge < -0.3 is 0 Å². The van der Waals surface area contributed by atoms with Gasteiger partial charge in [-0.05, 0) is 73.9 Å². The van der Waals surface area contributed by atoms with Gasteiger partial charge in [0.25, 0.3) is 10.0 Å². The Morgan fingerprint density at radius 2 is 1.55 bits per heavy atom. The van der Waals surface area contributed by atoms with Crippen LogP contribution in [0.2, 0.25) is 0 Å². The van der Waals surface area contributed by atoms with Gasteiger partial charge in [-0.1, -0.05) is 13.0 Å². The molecule has 1 aliphatic rings. The van der Waals surface area contributed by atoms with Gasteiger partial charge in [0.05, 0.1) is 20.9 Å². The molecule has 0 aliphatic heterocycles. The van der Waals surface area contributed by atoms with E-state index in [1.54, 1.807) is 4.72 Å². The fraction of sp³-hybridized carbons (Fsp3) is 0.458. The molecule has 0 bridgehead atoms. The topological polar surface area (TPSA) is 97.4 Å². The number of sulfonamides is 1. The van der Waals surface area contributed by atoms with E-state index in [0.29, 0.717) is 0 Å². The zero-order chi connectivity index (χ0) is 30.5. The monoisotopic (exact) mass is 621 g/mol. The van der Waals surface area contributed by atoms with Crippen LogP contribution in [0, 0.1) is 12.7 Å². The molecule has 222 valence electrons. The van der Waals surface area contributed by atoms with Gasteiger partial charge in [-0.3, -0.25) is 4.79 Å². The van der Waals surface area contributed by atoms with Crippen LogP contribution in [0.25, 0.3) is 0 Å². The van der Waals surface area contributed by atoms with E-state index in [1.807, 2.05) is 0 Å². The first-order chi connectivity index (χ1) is 18.1. The Kier molecular flexibility index (Phi) is 8.40. The second-order valence-electron chi connectivity index (χ2n) is 9.37. The number of hydrogen-bond acceptors (Lipinski definition) is 5. The molecule has 1 fully saturated rings. The van der Waals surface area contributed by atoms with E-state index in [9.17, 15) is 52.4 Å². The number of nitrogens with one attached hydrogen (secondary N) is 1. The number of benzene rings is 2. The number of alkyl halides is 7. The largest absolute Gasteiger partial charge is 0.416 e. The van der Waals surface area contributed by atoms with Crippen molar-refractivity contribution in [2.75, 3.05) is 0 Å². The summed E-state index contributed by atoms with van der Waals surface area (Å²) in [6.45, 7) is 2.21. The average Bonchev–Trinajstić information content (AvgIpc) is 2.82. The van der Waals surface area contributed by atoms with Gasteiger partial charge in [0.15, 0.2) is 0 Å². The molecular weight excluding hydrogens is 598 g/mol. The highest BCUT2D eigenvalue weighted by Crippen LogP contribution is 2.49. The second kappa shape index (κ2) is 10.6. The van der Waals surface area contributed by atoms with Crippen LogP contribution in [0.3, 0.4) is 0 Å². The van der Waals surface area contributed by atoms with Crippen molar-refractivity contribution in [2.24, 2.45) is 0 Å². The molecule has 2 aromatic rings. The highest BCUT2D eigenvalue weighted by molar-refractivity contribution is 7.92. The van der Waals surface area contributed by atoms with Gasteiger partial charge in [0.2, 0.25) is 20.7 Å². The molecule has 16 heteroatoms. The maximum absolute atomic E-state index is 15.7. The number of halogens is 8. The van der Waals surface area contributed by atoms with Crippen LogP contribution in [0.4, 0.5) is 35.1 Å². The molecular formula is C24H23F8NO5S2. The van der Waals surface area contributed by atoms with Gasteiger partial charge in [-0.2, -0.15) is 26.3 Å². The zero-order valence-electron chi connectivity index (χ0n) is 20.9. The Hall–Kier alpha value is -2.75. The Morgan fingerprint density at radius 1 is 0.975 bits per heavy atom. The van der Waals surface area contributed by atoms with Crippen LogP contribution in [-0.4, -0.2) is 27.7 Å². The van der Waals surface area contributed by atoms with Crippen LogP contribution in [0.1, 0.15) is 67.2 Å². The Bertz CT molecular complexity index is 1530. The average molecular weight is 622 g/mol. The third-order valence-electron chi connectivity index (χ3n) is 6.75. The molecule has 1 aliphatic carbocycles. The van der Waals surface area contributed by atoms with E-state index in [1.165, 1.54) is 6.92 Å². The molecule has 1 amide bonds. The van der Waals surface area contributed by atoms with E-state index in [-0.39, 0.29) is 24.6 Å². The summed E-state index contributed by atoms with van der Waals surface area (Å²) in [7, 11) is -9.88. The summed E-state index contributed by atoms with van der Waals surface area (Å²) in [5, 5.41) is -3.19. The third kappa shape index (κ3) is 6.11. The Morgan fingerprint density at radius 3 is 2.05 bits per heavy atom. The number of carbonyl (C=O) groups excluding carboxylic acids is 1.